The third-order valence-corrected chi connectivity index (χ3v) is 3.92. The van der Waals surface area contributed by atoms with E-state index in [9.17, 15) is 23.4 Å². The molecule has 2 rings (SSSR count). The van der Waals surface area contributed by atoms with Crippen LogP contribution < -0.4 is 10.1 Å². The number of para-hydroxylation sites is 1. The molecule has 1 amide bonds. The maximum absolute atomic E-state index is 11.4. The summed E-state index contributed by atoms with van der Waals surface area (Å²) >= 11 is 0. The lowest BCUT2D eigenvalue weighted by atomic mass is 9.97. The van der Waals surface area contributed by atoms with E-state index in [-0.39, 0.29) is 0 Å². The molecular formula is C14H19NO9S. The number of benzene rings is 1. The summed E-state index contributed by atoms with van der Waals surface area (Å²) in [6, 6.07) is 7.13. The van der Waals surface area contributed by atoms with Crippen LogP contribution >= 0.6 is 0 Å². The fraction of sp³-hybridized carbons (Fsp3) is 0.500. The van der Waals surface area contributed by atoms with Crippen LogP contribution in [0.3, 0.4) is 0 Å². The van der Waals surface area contributed by atoms with Gasteiger partial charge in [0.25, 0.3) is 0 Å². The normalized spacial score (nSPS) is 29.8. The minimum absolute atomic E-state index is 0.362. The monoisotopic (exact) mass is 377 g/mol. The van der Waals surface area contributed by atoms with Crippen molar-refractivity contribution in [2.45, 2.75) is 37.6 Å². The Hall–Kier alpha value is -1.76. The first kappa shape index (κ1) is 19.6. The van der Waals surface area contributed by atoms with Gasteiger partial charge in [0.2, 0.25) is 12.2 Å². The molecule has 1 aromatic carbocycles. The number of rotatable bonds is 6. The standard InChI is InChI=1S/C14H19NO9S/c1-8(17)15-11-12(18)13(24-25(19,20)21)10(7-16)23-14(11)22-9-5-3-2-4-6-9/h2-6,10-14,16,18H,7H2,1H3,(H,15,17)(H,19,20,21)/t10?,11?,12?,13?,14-/m1/s1. The first-order chi connectivity index (χ1) is 11.7. The molecule has 1 aromatic rings. The summed E-state index contributed by atoms with van der Waals surface area (Å²) in [6.07, 6.45) is -5.85. The topological polar surface area (TPSA) is 152 Å². The number of ether oxygens (including phenoxy) is 2. The van der Waals surface area contributed by atoms with Gasteiger partial charge in [-0.25, -0.2) is 4.18 Å². The molecule has 4 N–H and O–H groups in total. The molecule has 140 valence electrons. The summed E-state index contributed by atoms with van der Waals surface area (Å²) < 4.78 is 46.2. The minimum atomic E-state index is -4.93. The zero-order valence-corrected chi connectivity index (χ0v) is 14.0. The second kappa shape index (κ2) is 8.08. The first-order valence-electron chi connectivity index (χ1n) is 7.30. The van der Waals surface area contributed by atoms with Gasteiger partial charge < -0.3 is 25.0 Å². The number of hydrogen-bond donors (Lipinski definition) is 4. The number of amides is 1. The van der Waals surface area contributed by atoms with E-state index in [1.54, 1.807) is 30.3 Å². The summed E-state index contributed by atoms with van der Waals surface area (Å²) in [7, 11) is -4.93. The molecule has 10 nitrogen and oxygen atoms in total. The molecule has 0 aliphatic carbocycles. The third kappa shape index (κ3) is 5.36. The van der Waals surface area contributed by atoms with Crippen LogP contribution in [-0.2, 0) is 24.1 Å². The van der Waals surface area contributed by atoms with Crippen molar-refractivity contribution < 1.29 is 41.6 Å². The van der Waals surface area contributed by atoms with Crippen LogP contribution in [0.1, 0.15) is 6.92 Å². The predicted molar refractivity (Wildman–Crippen MR) is 82.8 cm³/mol. The van der Waals surface area contributed by atoms with Crippen molar-refractivity contribution >= 4 is 16.3 Å². The largest absolute Gasteiger partial charge is 0.463 e. The van der Waals surface area contributed by atoms with E-state index in [4.69, 9.17) is 14.0 Å². The lowest BCUT2D eigenvalue weighted by Gasteiger charge is -2.43. The number of carbonyl (C=O) groups is 1. The zero-order chi connectivity index (χ0) is 18.6. The van der Waals surface area contributed by atoms with Gasteiger partial charge in [-0.3, -0.25) is 9.35 Å². The quantitative estimate of drug-likeness (QED) is 0.450. The molecule has 0 bridgehead atoms. The van der Waals surface area contributed by atoms with Gasteiger partial charge in [0, 0.05) is 6.92 Å². The Balaban J connectivity index is 2.27. The molecule has 11 heteroatoms. The Bertz CT molecular complexity index is 681. The summed E-state index contributed by atoms with van der Waals surface area (Å²) in [5.74, 6) is -0.178. The van der Waals surface area contributed by atoms with E-state index in [1.807, 2.05) is 0 Å². The van der Waals surface area contributed by atoms with Gasteiger partial charge >= 0.3 is 10.4 Å². The molecule has 0 spiro atoms. The maximum Gasteiger partial charge on any atom is 0.397 e. The molecule has 4 unspecified atom stereocenters. The number of hydrogen-bond acceptors (Lipinski definition) is 8. The first-order valence-corrected chi connectivity index (χ1v) is 8.66. The Morgan fingerprint density at radius 2 is 1.96 bits per heavy atom. The highest BCUT2D eigenvalue weighted by molar-refractivity contribution is 7.80. The Labute approximate surface area is 144 Å². The van der Waals surface area contributed by atoms with E-state index in [1.165, 1.54) is 6.92 Å². The lowest BCUT2D eigenvalue weighted by Crippen LogP contribution is -2.66. The van der Waals surface area contributed by atoms with Crippen LogP contribution in [-0.4, -0.2) is 66.3 Å². The Kier molecular flexibility index (Phi) is 6.32. The van der Waals surface area contributed by atoms with Crippen LogP contribution in [0.2, 0.25) is 0 Å². The average molecular weight is 377 g/mol. The minimum Gasteiger partial charge on any atom is -0.463 e. The van der Waals surface area contributed by atoms with Crippen LogP contribution in [0.4, 0.5) is 0 Å². The van der Waals surface area contributed by atoms with Crippen molar-refractivity contribution in [2.75, 3.05) is 6.61 Å². The molecule has 1 heterocycles. The number of aliphatic hydroxyl groups is 2. The summed E-state index contributed by atoms with van der Waals surface area (Å²) in [6.45, 7) is 0.460. The molecule has 1 aliphatic heterocycles. The maximum atomic E-state index is 11.4. The fourth-order valence-corrected chi connectivity index (χ4v) is 2.97. The van der Waals surface area contributed by atoms with Gasteiger partial charge in [0.05, 0.1) is 6.61 Å². The van der Waals surface area contributed by atoms with Crippen molar-refractivity contribution in [2.24, 2.45) is 0 Å². The van der Waals surface area contributed by atoms with Gasteiger partial charge in [-0.15, -0.1) is 0 Å². The highest BCUT2D eigenvalue weighted by atomic mass is 32.3. The van der Waals surface area contributed by atoms with Crippen LogP contribution in [0.25, 0.3) is 0 Å². The van der Waals surface area contributed by atoms with Gasteiger partial charge in [0.1, 0.15) is 30.1 Å². The highest BCUT2D eigenvalue weighted by Crippen LogP contribution is 2.27. The van der Waals surface area contributed by atoms with Crippen LogP contribution in [0.5, 0.6) is 5.75 Å². The zero-order valence-electron chi connectivity index (χ0n) is 13.2. The Morgan fingerprint density at radius 1 is 1.32 bits per heavy atom. The van der Waals surface area contributed by atoms with Crippen molar-refractivity contribution in [3.05, 3.63) is 30.3 Å². The van der Waals surface area contributed by atoms with Crippen LogP contribution in [0, 0.1) is 0 Å². The molecule has 0 saturated carbocycles. The molecule has 1 saturated heterocycles. The van der Waals surface area contributed by atoms with Gasteiger partial charge in [-0.2, -0.15) is 8.42 Å². The van der Waals surface area contributed by atoms with E-state index in [2.05, 4.69) is 9.50 Å². The molecule has 25 heavy (non-hydrogen) atoms. The van der Waals surface area contributed by atoms with Gasteiger partial charge in [-0.1, -0.05) is 18.2 Å². The third-order valence-electron chi connectivity index (χ3n) is 3.45. The molecule has 0 radical (unpaired) electrons. The van der Waals surface area contributed by atoms with Gasteiger partial charge in [0.15, 0.2) is 0 Å². The van der Waals surface area contributed by atoms with E-state index in [0.29, 0.717) is 5.75 Å². The van der Waals surface area contributed by atoms with Crippen molar-refractivity contribution in [3.63, 3.8) is 0 Å². The van der Waals surface area contributed by atoms with E-state index < -0.39 is 53.6 Å². The summed E-state index contributed by atoms with van der Waals surface area (Å²) in [5, 5.41) is 22.2. The summed E-state index contributed by atoms with van der Waals surface area (Å²) in [4.78, 5) is 11.4. The SMILES string of the molecule is CC(=O)NC1C(O)C(OS(=O)(=O)O)C(CO)O[C@H]1Oc1ccccc1. The Morgan fingerprint density at radius 3 is 2.48 bits per heavy atom. The number of carbonyl (C=O) groups excluding carboxylic acids is 1. The van der Waals surface area contributed by atoms with E-state index >= 15 is 0 Å². The van der Waals surface area contributed by atoms with Crippen molar-refractivity contribution in [1.82, 2.24) is 5.32 Å². The molecule has 1 fully saturated rings. The van der Waals surface area contributed by atoms with Crippen LogP contribution in [0.15, 0.2) is 30.3 Å². The predicted octanol–water partition coefficient (Wildman–Crippen LogP) is -1.16. The number of nitrogens with one attached hydrogen (secondary N) is 1. The smallest absolute Gasteiger partial charge is 0.397 e. The number of aliphatic hydroxyl groups excluding tert-OH is 2. The second-order valence-electron chi connectivity index (χ2n) is 5.36. The molecule has 1 aliphatic rings. The average Bonchev–Trinajstić information content (AvgIpc) is 2.53. The molecule has 0 aromatic heterocycles. The lowest BCUT2D eigenvalue weighted by molar-refractivity contribution is -0.239. The highest BCUT2D eigenvalue weighted by Gasteiger charge is 2.49. The van der Waals surface area contributed by atoms with Gasteiger partial charge in [-0.05, 0) is 12.1 Å². The molecule has 5 atom stereocenters. The van der Waals surface area contributed by atoms with Crippen molar-refractivity contribution in [3.8, 4) is 5.75 Å². The molecular weight excluding hydrogens is 358 g/mol. The van der Waals surface area contributed by atoms with E-state index in [0.717, 1.165) is 0 Å². The summed E-state index contributed by atoms with van der Waals surface area (Å²) in [5.41, 5.74) is 0. The fourth-order valence-electron chi connectivity index (χ4n) is 2.45. The second-order valence-corrected chi connectivity index (χ2v) is 6.41. The van der Waals surface area contributed by atoms with Crippen molar-refractivity contribution in [1.29, 1.82) is 0 Å².